The van der Waals surface area contributed by atoms with Crippen molar-refractivity contribution >= 4 is 11.9 Å². The second-order valence-corrected chi connectivity index (χ2v) is 1.38. The first kappa shape index (κ1) is 17.8. The first-order chi connectivity index (χ1) is 4.20. The van der Waals surface area contributed by atoms with Crippen LogP contribution in [0, 0.1) is 7.05 Å². The molecule has 0 aromatic rings. The predicted molar refractivity (Wildman–Crippen MR) is 34.7 cm³/mol. The quantitative estimate of drug-likeness (QED) is 0.176. The van der Waals surface area contributed by atoms with Gasteiger partial charge in [-0.25, -0.2) is 0 Å². The summed E-state index contributed by atoms with van der Waals surface area (Å²) < 4.78 is 0. The van der Waals surface area contributed by atoms with Crippen molar-refractivity contribution < 1.29 is 75.4 Å². The van der Waals surface area contributed by atoms with Gasteiger partial charge in [-0.2, -0.15) is 0 Å². The van der Waals surface area contributed by atoms with Gasteiger partial charge in [0.15, 0.2) is 0 Å². The van der Waals surface area contributed by atoms with E-state index in [4.69, 9.17) is 11.5 Å². The van der Waals surface area contributed by atoms with Gasteiger partial charge in [-0.05, 0) is 0 Å². The third kappa shape index (κ3) is 10.8. The first-order valence-corrected chi connectivity index (χ1v) is 2.43. The summed E-state index contributed by atoms with van der Waals surface area (Å²) >= 11 is 0. The molecule has 7 N–H and O–H groups in total. The van der Waals surface area contributed by atoms with E-state index in [0.717, 1.165) is 0 Å². The van der Waals surface area contributed by atoms with Crippen LogP contribution in [-0.2, 0) is 65.4 Å². The fraction of sp³-hybridized carbons (Fsp3) is 0.250. The Morgan fingerprint density at radius 1 is 1.27 bits per heavy atom. The minimum atomic E-state index is 0. The van der Waals surface area contributed by atoms with Crippen LogP contribution >= 0.6 is 0 Å². The van der Waals surface area contributed by atoms with Gasteiger partial charge in [0, 0.05) is 65.4 Å². The number of hydrogen-bond acceptors (Lipinski definition) is 0. The summed E-state index contributed by atoms with van der Waals surface area (Å²) in [5.74, 6) is 0.686. The molecule has 0 fully saturated rings. The molecular weight excluding hydrogens is 296 g/mol. The van der Waals surface area contributed by atoms with Crippen molar-refractivity contribution in [1.29, 1.82) is 0 Å². The van der Waals surface area contributed by atoms with Gasteiger partial charge >= 0.3 is 5.96 Å². The minimum absolute atomic E-state index is 0. The summed E-state index contributed by atoms with van der Waals surface area (Å²) in [7, 11) is 4.98. The summed E-state index contributed by atoms with van der Waals surface area (Å²) in [5.41, 5.74) is 10.5. The van der Waals surface area contributed by atoms with Crippen molar-refractivity contribution in [2.45, 2.75) is 0 Å². The standard InChI is InChI=1S/C4H11N5.2Y/c1-7-3(5)9-4(6)8-2;;/h7H,1,5H2,2H3,(H3,6,8,9);;/p+1. The minimum Gasteiger partial charge on any atom is -0.414 e. The molecule has 0 amide bonds. The van der Waals surface area contributed by atoms with Crippen LogP contribution in [0.4, 0.5) is 0 Å². The number of nitrogens with two attached hydrogens (primary N) is 2. The van der Waals surface area contributed by atoms with Crippen LogP contribution in [0.2, 0.25) is 0 Å². The third-order valence-corrected chi connectivity index (χ3v) is 0.729. The van der Waals surface area contributed by atoms with Crippen LogP contribution in [0.15, 0.2) is 0 Å². The molecule has 0 saturated carbocycles. The van der Waals surface area contributed by atoms with E-state index in [1.54, 1.807) is 7.05 Å². The molecule has 58 valence electrons. The van der Waals surface area contributed by atoms with E-state index in [1.807, 2.05) is 0 Å². The molecular formula is C4H12N5Y2+. The van der Waals surface area contributed by atoms with Crippen LogP contribution in [0.25, 0.3) is 0 Å². The van der Waals surface area contributed by atoms with Gasteiger partial charge in [0.2, 0.25) is 5.96 Å². The molecule has 2 radical (unpaired) electrons. The van der Waals surface area contributed by atoms with Crippen molar-refractivity contribution in [3.63, 3.8) is 0 Å². The molecule has 0 aliphatic heterocycles. The summed E-state index contributed by atoms with van der Waals surface area (Å²) in [6.45, 7) is 0. The maximum absolute atomic E-state index is 5.28. The summed E-state index contributed by atoms with van der Waals surface area (Å²) in [4.78, 5) is 5.07. The zero-order valence-electron chi connectivity index (χ0n) is 6.52. The second-order valence-electron chi connectivity index (χ2n) is 1.38. The number of nitrogens with one attached hydrogen (secondary N) is 3. The van der Waals surface area contributed by atoms with Crippen LogP contribution in [0.1, 0.15) is 0 Å². The van der Waals surface area contributed by atoms with Gasteiger partial charge in [-0.3, -0.25) is 16.0 Å². The maximum atomic E-state index is 5.28. The van der Waals surface area contributed by atoms with Gasteiger partial charge in [-0.1, -0.05) is 0 Å². The average molecular weight is 308 g/mol. The monoisotopic (exact) mass is 308 g/mol. The number of guanidine groups is 2. The molecule has 0 spiro atoms. The molecule has 0 aliphatic carbocycles. The Labute approximate surface area is 117 Å². The molecule has 0 atom stereocenters. The molecule has 0 bridgehead atoms. The molecule has 0 saturated heterocycles. The van der Waals surface area contributed by atoms with E-state index in [0.29, 0.717) is 11.9 Å². The molecule has 0 aliphatic rings. The van der Waals surface area contributed by atoms with Crippen molar-refractivity contribution in [2.24, 2.45) is 11.5 Å². The van der Waals surface area contributed by atoms with Crippen molar-refractivity contribution in [1.82, 2.24) is 5.32 Å². The summed E-state index contributed by atoms with van der Waals surface area (Å²) in [6, 6.07) is 0. The molecule has 0 aromatic carbocycles. The van der Waals surface area contributed by atoms with Gasteiger partial charge in [0.1, 0.15) is 0 Å². The van der Waals surface area contributed by atoms with E-state index in [9.17, 15) is 0 Å². The van der Waals surface area contributed by atoms with Gasteiger partial charge < -0.3 is 10.7 Å². The SMILES string of the molecule is [CH2-][NH+]=C(N)NC(N)=[NH+]C.[Y].[Y]. The Morgan fingerprint density at radius 3 is 2.00 bits per heavy atom. The molecule has 7 heteroatoms. The fourth-order valence-corrected chi connectivity index (χ4v) is 0.252. The summed E-state index contributed by atoms with van der Waals surface area (Å²) in [6.07, 6.45) is 0. The molecule has 11 heavy (non-hydrogen) atoms. The maximum Gasteiger partial charge on any atom is 0.333 e. The average Bonchev–Trinajstić information content (AvgIpc) is 1.87. The van der Waals surface area contributed by atoms with E-state index in [-0.39, 0.29) is 65.4 Å². The number of hydrogen-bond donors (Lipinski definition) is 5. The fourth-order valence-electron chi connectivity index (χ4n) is 0.252. The Morgan fingerprint density at radius 2 is 1.73 bits per heavy atom. The van der Waals surface area contributed by atoms with E-state index in [2.05, 4.69) is 22.3 Å². The van der Waals surface area contributed by atoms with Crippen LogP contribution in [-0.4, -0.2) is 19.0 Å². The Hall–Kier alpha value is 0.818. The zero-order chi connectivity index (χ0) is 7.28. The molecule has 0 unspecified atom stereocenters. The van der Waals surface area contributed by atoms with Crippen LogP contribution in [0.5, 0.6) is 0 Å². The largest absolute Gasteiger partial charge is 0.414 e. The first-order valence-electron chi connectivity index (χ1n) is 2.43. The van der Waals surface area contributed by atoms with Gasteiger partial charge in [-0.15, -0.1) is 7.05 Å². The van der Waals surface area contributed by atoms with E-state index < -0.39 is 0 Å². The Bertz CT molecular complexity index is 127. The topological polar surface area (TPSA) is 92.0 Å². The molecule has 5 nitrogen and oxygen atoms in total. The van der Waals surface area contributed by atoms with E-state index in [1.165, 1.54) is 0 Å². The summed E-state index contributed by atoms with van der Waals surface area (Å²) in [5, 5.41) is 2.58. The predicted octanol–water partition coefficient (Wildman–Crippen LogP) is -5.22. The van der Waals surface area contributed by atoms with Gasteiger partial charge in [0.25, 0.3) is 0 Å². The second kappa shape index (κ2) is 10.8. The van der Waals surface area contributed by atoms with Gasteiger partial charge in [0.05, 0.1) is 7.05 Å². The Kier molecular flexibility index (Phi) is 17.5. The normalized spacial score (nSPS) is 11.0. The molecule has 0 heterocycles. The van der Waals surface area contributed by atoms with Crippen molar-refractivity contribution in [3.05, 3.63) is 7.05 Å². The smallest absolute Gasteiger partial charge is 0.333 e. The van der Waals surface area contributed by atoms with E-state index >= 15 is 0 Å². The van der Waals surface area contributed by atoms with Crippen molar-refractivity contribution in [2.75, 3.05) is 7.05 Å². The zero-order valence-corrected chi connectivity index (χ0v) is 12.2. The Balaban J connectivity index is -0.000000320. The molecule has 0 aromatic heterocycles. The van der Waals surface area contributed by atoms with Crippen LogP contribution < -0.4 is 26.8 Å². The number of rotatable bonds is 0. The van der Waals surface area contributed by atoms with Crippen LogP contribution in [0.3, 0.4) is 0 Å². The molecule has 0 rings (SSSR count). The third-order valence-electron chi connectivity index (χ3n) is 0.729. The van der Waals surface area contributed by atoms with Crippen molar-refractivity contribution in [3.8, 4) is 0 Å².